The number of aromatic carboxylic acids is 1. The Bertz CT molecular complexity index is 1700. The number of phenols is 1. The Morgan fingerprint density at radius 1 is 0.939 bits per heavy atom. The van der Waals surface area contributed by atoms with E-state index in [1.807, 2.05) is 29.2 Å². The fraction of sp³-hybridized carbons (Fsp3) is 0.389. The number of para-hydroxylation sites is 1. The quantitative estimate of drug-likeness (QED) is 0.315. The Labute approximate surface area is 289 Å². The molecule has 4 amide bonds. The minimum Gasteiger partial charge on any atom is -0.506 e. The van der Waals surface area contributed by atoms with Gasteiger partial charge in [-0.2, -0.15) is 0 Å². The Morgan fingerprint density at radius 3 is 2.31 bits per heavy atom. The van der Waals surface area contributed by atoms with Crippen LogP contribution in [-0.2, 0) is 22.4 Å². The van der Waals surface area contributed by atoms with Gasteiger partial charge in [0, 0.05) is 69.7 Å². The van der Waals surface area contributed by atoms with Gasteiger partial charge in [0.05, 0.1) is 10.6 Å². The van der Waals surface area contributed by atoms with Gasteiger partial charge in [0.15, 0.2) is 6.10 Å². The van der Waals surface area contributed by atoms with E-state index in [4.69, 9.17) is 16.3 Å². The van der Waals surface area contributed by atoms with Crippen LogP contribution in [0, 0.1) is 6.92 Å². The minimum absolute atomic E-state index is 0.0328. The van der Waals surface area contributed by atoms with E-state index in [1.165, 1.54) is 0 Å². The van der Waals surface area contributed by atoms with Crippen molar-refractivity contribution >= 4 is 47.0 Å². The zero-order chi connectivity index (χ0) is 34.7. The number of rotatable bonds is 7. The van der Waals surface area contributed by atoms with E-state index in [9.17, 15) is 29.4 Å². The number of carboxylic acids is 1. The molecular formula is C36H40ClN5O7. The summed E-state index contributed by atoms with van der Waals surface area (Å²) in [5, 5.41) is 22.6. The van der Waals surface area contributed by atoms with E-state index in [1.54, 1.807) is 53.1 Å². The zero-order valence-electron chi connectivity index (χ0n) is 27.3. The molecule has 3 aliphatic rings. The van der Waals surface area contributed by atoms with Crippen LogP contribution >= 0.6 is 11.6 Å². The molecule has 6 rings (SSSR count). The molecule has 49 heavy (non-hydrogen) atoms. The van der Waals surface area contributed by atoms with Crippen molar-refractivity contribution in [1.82, 2.24) is 14.7 Å². The number of carbonyl (C=O) groups excluding carboxylic acids is 3. The summed E-state index contributed by atoms with van der Waals surface area (Å²) in [4.78, 5) is 59.0. The second kappa shape index (κ2) is 14.7. The normalized spacial score (nSPS) is 17.6. The number of urea groups is 1. The van der Waals surface area contributed by atoms with E-state index < -0.39 is 18.2 Å². The van der Waals surface area contributed by atoms with Crippen molar-refractivity contribution in [3.8, 4) is 5.75 Å². The molecule has 2 fully saturated rings. The van der Waals surface area contributed by atoms with Crippen LogP contribution in [0.2, 0.25) is 5.02 Å². The SMILES string of the molecule is Cc1cc(C[C@@H](OC(=O)N2CCC(N3CCc4ccccc4NC3=O)CC2)C(=O)N2CCN(c3ccc(C(=O)O)cc3)CC2)cc(Cl)c1O. The molecule has 3 aromatic carbocycles. The number of fused-ring (bicyclic) bond motifs is 1. The van der Waals surface area contributed by atoms with Crippen LogP contribution in [0.4, 0.5) is 21.0 Å². The third-order valence-electron chi connectivity index (χ3n) is 9.63. The van der Waals surface area contributed by atoms with Crippen molar-refractivity contribution < 1.29 is 34.1 Å². The number of piperidine rings is 1. The summed E-state index contributed by atoms with van der Waals surface area (Å²) in [7, 11) is 0. The van der Waals surface area contributed by atoms with Crippen LogP contribution in [-0.4, -0.2) is 107 Å². The average molecular weight is 690 g/mol. The van der Waals surface area contributed by atoms with Crippen molar-refractivity contribution in [2.75, 3.05) is 56.0 Å². The predicted octanol–water partition coefficient (Wildman–Crippen LogP) is 5.00. The summed E-state index contributed by atoms with van der Waals surface area (Å²) in [6.07, 6.45) is 0.268. The number of piperazine rings is 1. The van der Waals surface area contributed by atoms with Crippen molar-refractivity contribution in [1.29, 1.82) is 0 Å². The topological polar surface area (TPSA) is 143 Å². The van der Waals surface area contributed by atoms with Gasteiger partial charge in [0.25, 0.3) is 5.91 Å². The van der Waals surface area contributed by atoms with Gasteiger partial charge in [-0.25, -0.2) is 14.4 Å². The number of anilines is 2. The molecule has 0 bridgehead atoms. The number of nitrogens with one attached hydrogen (secondary N) is 1. The van der Waals surface area contributed by atoms with Gasteiger partial charge < -0.3 is 39.9 Å². The summed E-state index contributed by atoms with van der Waals surface area (Å²) in [6, 6.07) is 17.5. The first kappa shape index (κ1) is 33.9. The van der Waals surface area contributed by atoms with Gasteiger partial charge in [0.2, 0.25) is 0 Å². The number of carbonyl (C=O) groups is 4. The molecule has 3 aromatic rings. The van der Waals surface area contributed by atoms with Gasteiger partial charge in [0.1, 0.15) is 5.75 Å². The molecule has 13 heteroatoms. The van der Waals surface area contributed by atoms with Gasteiger partial charge in [-0.05, 0) is 79.3 Å². The Kier molecular flexibility index (Phi) is 10.1. The molecule has 0 radical (unpaired) electrons. The zero-order valence-corrected chi connectivity index (χ0v) is 28.1. The highest BCUT2D eigenvalue weighted by Crippen LogP contribution is 2.30. The van der Waals surface area contributed by atoms with Gasteiger partial charge in [-0.3, -0.25) is 4.79 Å². The number of amides is 4. The maximum Gasteiger partial charge on any atom is 0.410 e. The molecule has 0 spiro atoms. The van der Waals surface area contributed by atoms with E-state index >= 15 is 0 Å². The largest absolute Gasteiger partial charge is 0.506 e. The van der Waals surface area contributed by atoms with E-state index in [0.717, 1.165) is 23.4 Å². The van der Waals surface area contributed by atoms with Crippen LogP contribution in [0.3, 0.4) is 0 Å². The number of hydrogen-bond donors (Lipinski definition) is 3. The third-order valence-corrected chi connectivity index (χ3v) is 9.92. The summed E-state index contributed by atoms with van der Waals surface area (Å²) < 4.78 is 5.96. The minimum atomic E-state index is -1.12. The fourth-order valence-corrected chi connectivity index (χ4v) is 7.11. The molecule has 3 N–H and O–H groups in total. The predicted molar refractivity (Wildman–Crippen MR) is 184 cm³/mol. The maximum absolute atomic E-state index is 14.0. The lowest BCUT2D eigenvalue weighted by molar-refractivity contribution is -0.141. The van der Waals surface area contributed by atoms with Crippen LogP contribution in [0.15, 0.2) is 60.7 Å². The number of nitrogens with zero attached hydrogens (tertiary/aromatic N) is 4. The maximum atomic E-state index is 14.0. The van der Waals surface area contributed by atoms with Gasteiger partial charge in [-0.15, -0.1) is 0 Å². The van der Waals surface area contributed by atoms with Crippen molar-refractivity contribution in [2.24, 2.45) is 0 Å². The number of hydrogen-bond acceptors (Lipinski definition) is 7. The van der Waals surface area contributed by atoms with Crippen LogP contribution in [0.25, 0.3) is 0 Å². The highest BCUT2D eigenvalue weighted by molar-refractivity contribution is 6.32. The van der Waals surface area contributed by atoms with Crippen molar-refractivity contribution in [2.45, 2.75) is 44.8 Å². The first-order valence-electron chi connectivity index (χ1n) is 16.5. The highest BCUT2D eigenvalue weighted by Gasteiger charge is 2.35. The number of aryl methyl sites for hydroxylation is 1. The first-order valence-corrected chi connectivity index (χ1v) is 16.9. The van der Waals surface area contributed by atoms with Crippen molar-refractivity contribution in [3.05, 3.63) is 87.9 Å². The van der Waals surface area contributed by atoms with E-state index in [-0.39, 0.29) is 40.7 Å². The Morgan fingerprint density at radius 2 is 1.63 bits per heavy atom. The standard InChI is InChI=1S/C36H40ClN5O7/c1-23-20-24(21-29(37)32(23)43)22-31(33(44)40-18-16-39(17-19-40)27-8-6-26(7-9-27)34(45)46)49-36(48)41-13-11-28(12-14-41)42-15-10-25-4-2-3-5-30(25)38-35(42)47/h2-9,20-21,28,31,43H,10-19,22H2,1H3,(H,38,47)(H,45,46)/t31-/m1/s1. The summed E-state index contributed by atoms with van der Waals surface area (Å²) in [5.74, 6) is -1.36. The fourth-order valence-electron chi connectivity index (χ4n) is 6.82. The molecule has 0 aliphatic carbocycles. The lowest BCUT2D eigenvalue weighted by Crippen LogP contribution is -2.54. The lowest BCUT2D eigenvalue weighted by Gasteiger charge is -2.39. The molecule has 0 unspecified atom stereocenters. The van der Waals surface area contributed by atoms with Gasteiger partial charge in [-0.1, -0.05) is 35.9 Å². The molecule has 1 atom stereocenters. The van der Waals surface area contributed by atoms with Crippen molar-refractivity contribution in [3.63, 3.8) is 0 Å². The smallest absolute Gasteiger partial charge is 0.410 e. The summed E-state index contributed by atoms with van der Waals surface area (Å²) in [6.45, 7) is 4.87. The molecule has 2 saturated heterocycles. The number of carboxylic acid groups (broad SMARTS) is 1. The van der Waals surface area contributed by atoms with E-state index in [2.05, 4.69) is 10.2 Å². The Hall–Kier alpha value is -4.97. The van der Waals surface area contributed by atoms with Crippen LogP contribution < -0.4 is 10.2 Å². The summed E-state index contributed by atoms with van der Waals surface area (Å²) in [5.41, 5.74) is 4.18. The molecule has 12 nitrogen and oxygen atoms in total. The first-order chi connectivity index (χ1) is 23.6. The molecule has 3 aliphatic heterocycles. The number of benzene rings is 3. The van der Waals surface area contributed by atoms with Crippen LogP contribution in [0.1, 0.15) is 39.9 Å². The second-order valence-corrected chi connectivity index (χ2v) is 13.1. The second-order valence-electron chi connectivity index (χ2n) is 12.7. The van der Waals surface area contributed by atoms with E-state index in [0.29, 0.717) is 69.8 Å². The number of halogens is 1. The lowest BCUT2D eigenvalue weighted by atomic mass is 10.0. The van der Waals surface area contributed by atoms with Crippen LogP contribution in [0.5, 0.6) is 5.75 Å². The molecule has 258 valence electrons. The number of phenolic OH excluding ortho intramolecular Hbond substituents is 1. The Balaban J connectivity index is 1.10. The average Bonchev–Trinajstić information content (AvgIpc) is 3.28. The number of ether oxygens (including phenoxy) is 1. The number of aromatic hydroxyl groups is 1. The molecular weight excluding hydrogens is 650 g/mol. The monoisotopic (exact) mass is 689 g/mol. The highest BCUT2D eigenvalue weighted by atomic mass is 35.5. The van der Waals surface area contributed by atoms with Gasteiger partial charge >= 0.3 is 18.1 Å². The molecule has 0 aromatic heterocycles. The molecule has 0 saturated carbocycles. The summed E-state index contributed by atoms with van der Waals surface area (Å²) >= 11 is 6.25. The molecule has 3 heterocycles. The number of likely N-dealkylation sites (tertiary alicyclic amines) is 1. The third kappa shape index (κ3) is 7.69.